The van der Waals surface area contributed by atoms with E-state index >= 15 is 0 Å². The number of hydrogen-bond acceptors (Lipinski definition) is 0. The molecule has 346 valence electrons. The minimum absolute atomic E-state index is 1.18. The fraction of sp³-hybridized carbons (Fsp3) is 0.0556. The molecule has 0 aliphatic rings. The standard InChI is InChI=1S/C72H58/c1-51-47-69(53(3)45-67(51)43-29-55-25-35-59(36-26-55)61-39-31-57(32-40-61)49-71(63-17-9-5-10-18-63)64-19-11-6-12-20-64)70-48-52(2)68(46-54(70)4)44-30-56-27-37-60(38-28-56)62-41-33-58(34-42-62)50-72(65-21-13-7-14-22-65)66-23-15-8-16-24-66/h5-50H,1-4H3/b43-29+,44-30+. The summed E-state index contributed by atoms with van der Waals surface area (Å²) in [7, 11) is 0. The van der Waals surface area contributed by atoms with E-state index in [2.05, 4.69) is 307 Å². The molecule has 0 N–H and O–H groups in total. The topological polar surface area (TPSA) is 0 Å². The second-order valence-corrected chi connectivity index (χ2v) is 18.8. The van der Waals surface area contributed by atoms with Crippen LogP contribution in [0.25, 0.3) is 81.0 Å². The summed E-state index contributed by atoms with van der Waals surface area (Å²) < 4.78 is 0. The molecule has 0 amide bonds. The maximum atomic E-state index is 2.36. The van der Waals surface area contributed by atoms with Gasteiger partial charge in [-0.05, 0) is 162 Å². The average molecular weight is 923 g/mol. The van der Waals surface area contributed by atoms with Gasteiger partial charge < -0.3 is 0 Å². The fourth-order valence-corrected chi connectivity index (χ4v) is 9.58. The van der Waals surface area contributed by atoms with Gasteiger partial charge >= 0.3 is 0 Å². The highest BCUT2D eigenvalue weighted by Gasteiger charge is 2.12. The van der Waals surface area contributed by atoms with Crippen molar-refractivity contribution in [2.45, 2.75) is 27.7 Å². The van der Waals surface area contributed by atoms with Crippen molar-refractivity contribution in [3.8, 4) is 33.4 Å². The second kappa shape index (κ2) is 21.8. The molecule has 10 aromatic carbocycles. The van der Waals surface area contributed by atoms with Gasteiger partial charge in [0.25, 0.3) is 0 Å². The summed E-state index contributed by atoms with van der Waals surface area (Å²) in [4.78, 5) is 0. The van der Waals surface area contributed by atoms with E-state index in [-0.39, 0.29) is 0 Å². The van der Waals surface area contributed by atoms with E-state index in [4.69, 9.17) is 0 Å². The first kappa shape index (κ1) is 46.9. The van der Waals surface area contributed by atoms with E-state index in [9.17, 15) is 0 Å². The molecule has 0 radical (unpaired) electrons. The summed E-state index contributed by atoms with van der Waals surface area (Å²) >= 11 is 0. The maximum Gasteiger partial charge on any atom is -0.0105 e. The molecule has 0 saturated heterocycles. The van der Waals surface area contributed by atoms with Crippen LogP contribution in [0, 0.1) is 27.7 Å². The zero-order valence-corrected chi connectivity index (χ0v) is 41.6. The van der Waals surface area contributed by atoms with Crippen LogP contribution in [0.5, 0.6) is 0 Å². The van der Waals surface area contributed by atoms with E-state index < -0.39 is 0 Å². The molecule has 0 atom stereocenters. The summed E-state index contributed by atoms with van der Waals surface area (Å²) in [5, 5.41) is 0. The van der Waals surface area contributed by atoms with Crippen LogP contribution in [0.4, 0.5) is 0 Å². The van der Waals surface area contributed by atoms with Crippen LogP contribution in [-0.4, -0.2) is 0 Å². The van der Waals surface area contributed by atoms with Crippen LogP contribution in [-0.2, 0) is 0 Å². The minimum atomic E-state index is 1.18. The average Bonchev–Trinajstić information content (AvgIpc) is 3.43. The lowest BCUT2D eigenvalue weighted by molar-refractivity contribution is 1.33. The minimum Gasteiger partial charge on any atom is -0.0622 e. The van der Waals surface area contributed by atoms with Gasteiger partial charge in [-0.3, -0.25) is 0 Å². The molecule has 0 nitrogen and oxygen atoms in total. The molecule has 10 rings (SSSR count). The van der Waals surface area contributed by atoms with Gasteiger partial charge in [0.2, 0.25) is 0 Å². The van der Waals surface area contributed by atoms with E-state index in [1.165, 1.54) is 122 Å². The van der Waals surface area contributed by atoms with Gasteiger partial charge in [0.1, 0.15) is 0 Å². The molecule has 10 aromatic rings. The normalized spacial score (nSPS) is 11.2. The third-order valence-corrected chi connectivity index (χ3v) is 13.7. The SMILES string of the molecule is Cc1cc(-c2cc(C)c(/C=C/c3ccc(-c4ccc(C=C(c5ccccc5)c5ccccc5)cc4)cc3)cc2C)c(C)cc1/C=C/c1ccc(-c2ccc(C=C(c3ccccc3)c3ccccc3)cc2)cc1. The molecule has 0 aliphatic heterocycles. The van der Waals surface area contributed by atoms with Crippen molar-refractivity contribution in [2.24, 2.45) is 0 Å². The molecular formula is C72H58. The molecule has 0 aliphatic carbocycles. The Morgan fingerprint density at radius 2 is 0.514 bits per heavy atom. The van der Waals surface area contributed by atoms with E-state index in [1.807, 2.05) is 0 Å². The van der Waals surface area contributed by atoms with E-state index in [1.54, 1.807) is 0 Å². The first-order chi connectivity index (χ1) is 35.3. The Hall–Kier alpha value is -8.84. The van der Waals surface area contributed by atoms with Crippen molar-refractivity contribution < 1.29 is 0 Å². The predicted octanol–water partition coefficient (Wildman–Crippen LogP) is 19.4. The molecule has 0 bridgehead atoms. The van der Waals surface area contributed by atoms with Crippen molar-refractivity contribution in [2.75, 3.05) is 0 Å². The first-order valence-electron chi connectivity index (χ1n) is 25.0. The van der Waals surface area contributed by atoms with Crippen molar-refractivity contribution >= 4 is 47.6 Å². The third kappa shape index (κ3) is 11.1. The molecular weight excluding hydrogens is 865 g/mol. The number of aryl methyl sites for hydroxylation is 4. The quantitative estimate of drug-likeness (QED) is 0.101. The van der Waals surface area contributed by atoms with Crippen LogP contribution < -0.4 is 0 Å². The van der Waals surface area contributed by atoms with E-state index in [0.29, 0.717) is 0 Å². The van der Waals surface area contributed by atoms with Gasteiger partial charge in [0.05, 0.1) is 0 Å². The van der Waals surface area contributed by atoms with Crippen LogP contribution in [0.1, 0.15) is 77.9 Å². The van der Waals surface area contributed by atoms with Crippen molar-refractivity contribution in [3.63, 3.8) is 0 Å². The summed E-state index contributed by atoms with van der Waals surface area (Å²) in [5.41, 5.74) is 26.9. The summed E-state index contributed by atoms with van der Waals surface area (Å²) in [5.74, 6) is 0. The van der Waals surface area contributed by atoms with E-state index in [0.717, 1.165) is 0 Å². The van der Waals surface area contributed by atoms with Gasteiger partial charge in [-0.2, -0.15) is 0 Å². The van der Waals surface area contributed by atoms with Crippen molar-refractivity contribution in [1.29, 1.82) is 0 Å². The Bertz CT molecular complexity index is 3230. The monoisotopic (exact) mass is 922 g/mol. The van der Waals surface area contributed by atoms with Gasteiger partial charge in [-0.1, -0.05) is 267 Å². The predicted molar refractivity (Wildman–Crippen MR) is 312 cm³/mol. The molecule has 0 fully saturated rings. The van der Waals surface area contributed by atoms with Crippen LogP contribution in [0.2, 0.25) is 0 Å². The van der Waals surface area contributed by atoms with Gasteiger partial charge in [-0.25, -0.2) is 0 Å². The molecule has 72 heavy (non-hydrogen) atoms. The number of benzene rings is 10. The zero-order chi connectivity index (χ0) is 49.2. The Labute approximate surface area is 427 Å². The second-order valence-electron chi connectivity index (χ2n) is 18.8. The lowest BCUT2D eigenvalue weighted by Crippen LogP contribution is -1.94. The third-order valence-electron chi connectivity index (χ3n) is 13.7. The number of rotatable bonds is 13. The molecule has 0 unspecified atom stereocenters. The maximum absolute atomic E-state index is 2.36. The Balaban J connectivity index is 0.784. The van der Waals surface area contributed by atoms with Crippen LogP contribution in [0.15, 0.2) is 243 Å². The zero-order valence-electron chi connectivity index (χ0n) is 41.6. The van der Waals surface area contributed by atoms with Gasteiger partial charge in [-0.15, -0.1) is 0 Å². The summed E-state index contributed by atoms with van der Waals surface area (Å²) in [6, 6.07) is 87.3. The number of hydrogen-bond donors (Lipinski definition) is 0. The van der Waals surface area contributed by atoms with Gasteiger partial charge in [0, 0.05) is 0 Å². The molecule has 0 heterocycles. The molecule has 0 heteroatoms. The molecule has 0 saturated carbocycles. The lowest BCUT2D eigenvalue weighted by atomic mass is 9.89. The van der Waals surface area contributed by atoms with Crippen LogP contribution in [0.3, 0.4) is 0 Å². The van der Waals surface area contributed by atoms with Gasteiger partial charge in [0.15, 0.2) is 0 Å². The largest absolute Gasteiger partial charge is 0.0622 e. The smallest absolute Gasteiger partial charge is 0.0105 e. The molecule has 0 spiro atoms. The highest BCUT2D eigenvalue weighted by atomic mass is 14.2. The fourth-order valence-electron chi connectivity index (χ4n) is 9.58. The lowest BCUT2D eigenvalue weighted by Gasteiger charge is -2.15. The molecule has 0 aromatic heterocycles. The van der Waals surface area contributed by atoms with Crippen molar-refractivity contribution in [3.05, 3.63) is 321 Å². The highest BCUT2D eigenvalue weighted by Crippen LogP contribution is 2.34. The summed E-state index contributed by atoms with van der Waals surface area (Å²) in [6.45, 7) is 8.91. The highest BCUT2D eigenvalue weighted by molar-refractivity contribution is 5.93. The van der Waals surface area contributed by atoms with Crippen LogP contribution >= 0.6 is 0 Å². The van der Waals surface area contributed by atoms with Crippen molar-refractivity contribution in [1.82, 2.24) is 0 Å². The Morgan fingerprint density at radius 1 is 0.250 bits per heavy atom. The summed E-state index contributed by atoms with van der Waals surface area (Å²) in [6.07, 6.45) is 13.5. The Morgan fingerprint density at radius 3 is 0.792 bits per heavy atom. The first-order valence-corrected chi connectivity index (χ1v) is 25.0. The Kier molecular flexibility index (Phi) is 14.2.